The average molecular weight is 331 g/mol. The van der Waals surface area contributed by atoms with E-state index in [-0.39, 0.29) is 0 Å². The normalized spacial score (nSPS) is 13.2. The van der Waals surface area contributed by atoms with Crippen LogP contribution in [0.4, 0.5) is 0 Å². The molecule has 0 spiro atoms. The number of aryl methyl sites for hydroxylation is 1. The van der Waals surface area contributed by atoms with E-state index in [2.05, 4.69) is 21.0 Å². The summed E-state index contributed by atoms with van der Waals surface area (Å²) in [6, 6.07) is 7.98. The van der Waals surface area contributed by atoms with Gasteiger partial charge in [0.05, 0.1) is 12.8 Å². The fourth-order valence-corrected chi connectivity index (χ4v) is 3.17. The van der Waals surface area contributed by atoms with Gasteiger partial charge in [-0.3, -0.25) is 5.43 Å². The van der Waals surface area contributed by atoms with Crippen LogP contribution in [0.5, 0.6) is 5.75 Å². The molecule has 2 aromatic rings. The van der Waals surface area contributed by atoms with Crippen LogP contribution >= 0.6 is 11.8 Å². The minimum absolute atomic E-state index is 0.746. The van der Waals surface area contributed by atoms with E-state index in [0.717, 1.165) is 60.2 Å². The highest BCUT2D eigenvalue weighted by molar-refractivity contribution is 8.02. The van der Waals surface area contributed by atoms with Crippen LogP contribution in [0.25, 0.3) is 5.70 Å². The molecule has 0 saturated heterocycles. The number of hydrogen-bond acceptors (Lipinski definition) is 6. The Morgan fingerprint density at radius 2 is 2.00 bits per heavy atom. The third-order valence-corrected chi connectivity index (χ3v) is 4.55. The molecule has 0 unspecified atom stereocenters. The standard InChI is InChI=1S/C16H21N5OS/c1-22-13-8-6-12(7-9-13)14-11-23-16-19-18-15(21(16)20-14)5-3-2-4-10-17/h6-9,11,20H,2-5,10,17H2,1H3. The van der Waals surface area contributed by atoms with Crippen molar-refractivity contribution < 1.29 is 4.74 Å². The number of rotatable bonds is 7. The molecule has 23 heavy (non-hydrogen) atoms. The number of benzene rings is 1. The monoisotopic (exact) mass is 331 g/mol. The minimum atomic E-state index is 0.746. The highest BCUT2D eigenvalue weighted by atomic mass is 32.2. The highest BCUT2D eigenvalue weighted by Crippen LogP contribution is 2.29. The minimum Gasteiger partial charge on any atom is -0.497 e. The number of nitrogens with one attached hydrogen (secondary N) is 1. The smallest absolute Gasteiger partial charge is 0.214 e. The molecule has 7 heteroatoms. The van der Waals surface area contributed by atoms with Crippen LogP contribution in [0, 0.1) is 0 Å². The molecule has 0 radical (unpaired) electrons. The number of nitrogens with zero attached hydrogens (tertiary/aromatic N) is 3. The summed E-state index contributed by atoms with van der Waals surface area (Å²) in [5, 5.41) is 11.5. The summed E-state index contributed by atoms with van der Waals surface area (Å²) in [5.74, 6) is 1.81. The average Bonchev–Trinajstić information content (AvgIpc) is 3.01. The van der Waals surface area contributed by atoms with E-state index in [4.69, 9.17) is 10.5 Å². The van der Waals surface area contributed by atoms with Crippen molar-refractivity contribution in [3.63, 3.8) is 0 Å². The first-order chi connectivity index (χ1) is 11.3. The zero-order valence-electron chi connectivity index (χ0n) is 13.2. The second kappa shape index (κ2) is 7.52. The molecule has 3 rings (SSSR count). The van der Waals surface area contributed by atoms with Gasteiger partial charge in [-0.25, -0.2) is 4.68 Å². The predicted octanol–water partition coefficient (Wildman–Crippen LogP) is 2.61. The van der Waals surface area contributed by atoms with Crippen molar-refractivity contribution >= 4 is 17.5 Å². The van der Waals surface area contributed by atoms with Crippen LogP contribution in [0.15, 0.2) is 34.8 Å². The van der Waals surface area contributed by atoms with E-state index in [1.165, 1.54) is 0 Å². The molecular weight excluding hydrogens is 310 g/mol. The Bertz CT molecular complexity index is 680. The number of nitrogens with two attached hydrogens (primary N) is 1. The van der Waals surface area contributed by atoms with E-state index in [1.807, 2.05) is 28.9 Å². The highest BCUT2D eigenvalue weighted by Gasteiger charge is 2.18. The molecule has 6 nitrogen and oxygen atoms in total. The first-order valence-corrected chi connectivity index (χ1v) is 8.62. The van der Waals surface area contributed by atoms with Gasteiger partial charge in [0.15, 0.2) is 5.82 Å². The van der Waals surface area contributed by atoms with Crippen LogP contribution in [-0.4, -0.2) is 28.5 Å². The molecule has 1 aromatic carbocycles. The van der Waals surface area contributed by atoms with E-state index in [1.54, 1.807) is 18.9 Å². The molecule has 1 aliphatic rings. The molecule has 3 N–H and O–H groups in total. The molecule has 0 aliphatic carbocycles. The number of thioether (sulfide) groups is 1. The number of hydrogen-bond donors (Lipinski definition) is 2. The summed E-state index contributed by atoms with van der Waals surface area (Å²) in [5.41, 5.74) is 11.1. The molecule has 0 atom stereocenters. The molecule has 0 saturated carbocycles. The summed E-state index contributed by atoms with van der Waals surface area (Å²) in [6.45, 7) is 0.746. The van der Waals surface area contributed by atoms with Crippen molar-refractivity contribution in [1.29, 1.82) is 0 Å². The number of ether oxygens (including phenoxy) is 1. The summed E-state index contributed by atoms with van der Waals surface area (Å²) < 4.78 is 7.18. The maximum absolute atomic E-state index is 5.54. The fraction of sp³-hybridized carbons (Fsp3) is 0.375. The topological polar surface area (TPSA) is 78.0 Å². The second-order valence-electron chi connectivity index (χ2n) is 5.32. The van der Waals surface area contributed by atoms with Gasteiger partial charge in [-0.15, -0.1) is 10.2 Å². The summed E-state index contributed by atoms with van der Waals surface area (Å²) in [6.07, 6.45) is 4.15. The molecular formula is C16H21N5OS. The van der Waals surface area contributed by atoms with E-state index < -0.39 is 0 Å². The Hall–Kier alpha value is -1.99. The van der Waals surface area contributed by atoms with Crippen molar-refractivity contribution in [2.45, 2.75) is 30.8 Å². The lowest BCUT2D eigenvalue weighted by Crippen LogP contribution is -2.20. The van der Waals surface area contributed by atoms with E-state index in [9.17, 15) is 0 Å². The van der Waals surface area contributed by atoms with Gasteiger partial charge in [-0.2, -0.15) is 0 Å². The number of aromatic nitrogens is 3. The Balaban J connectivity index is 1.70. The van der Waals surface area contributed by atoms with Gasteiger partial charge in [-0.05, 0) is 43.7 Å². The van der Waals surface area contributed by atoms with Gasteiger partial charge in [0.25, 0.3) is 0 Å². The van der Waals surface area contributed by atoms with E-state index in [0.29, 0.717) is 0 Å². The quantitative estimate of drug-likeness (QED) is 0.759. The van der Waals surface area contributed by atoms with Crippen LogP contribution in [-0.2, 0) is 6.42 Å². The van der Waals surface area contributed by atoms with Crippen molar-refractivity contribution in [3.05, 3.63) is 41.1 Å². The lowest BCUT2D eigenvalue weighted by atomic mass is 10.2. The molecule has 1 aromatic heterocycles. The molecule has 0 amide bonds. The van der Waals surface area contributed by atoms with Gasteiger partial charge in [0, 0.05) is 17.4 Å². The van der Waals surface area contributed by atoms with Crippen LogP contribution in [0.3, 0.4) is 0 Å². The third-order valence-electron chi connectivity index (χ3n) is 3.72. The number of methoxy groups -OCH3 is 1. The maximum Gasteiger partial charge on any atom is 0.214 e. The number of unbranched alkanes of at least 4 members (excludes halogenated alkanes) is 2. The summed E-state index contributed by atoms with van der Waals surface area (Å²) >= 11 is 1.58. The molecule has 2 heterocycles. The van der Waals surface area contributed by atoms with Gasteiger partial charge in [0.1, 0.15) is 5.75 Å². The van der Waals surface area contributed by atoms with Crippen LogP contribution in [0.2, 0.25) is 0 Å². The Kier molecular flexibility index (Phi) is 5.19. The van der Waals surface area contributed by atoms with Gasteiger partial charge in [-0.1, -0.05) is 18.2 Å². The van der Waals surface area contributed by atoms with Crippen molar-refractivity contribution in [3.8, 4) is 5.75 Å². The van der Waals surface area contributed by atoms with Crippen molar-refractivity contribution in [2.75, 3.05) is 19.1 Å². The largest absolute Gasteiger partial charge is 0.497 e. The molecule has 1 aliphatic heterocycles. The number of fused-ring (bicyclic) bond motifs is 1. The van der Waals surface area contributed by atoms with Crippen LogP contribution < -0.4 is 15.9 Å². The predicted molar refractivity (Wildman–Crippen MR) is 92.8 cm³/mol. The Labute approximate surface area is 140 Å². The zero-order valence-corrected chi connectivity index (χ0v) is 14.0. The van der Waals surface area contributed by atoms with Crippen molar-refractivity contribution in [1.82, 2.24) is 14.9 Å². The first kappa shape index (κ1) is 15.9. The summed E-state index contributed by atoms with van der Waals surface area (Å²) in [4.78, 5) is 0. The lowest BCUT2D eigenvalue weighted by molar-refractivity contribution is 0.415. The molecule has 0 fully saturated rings. The first-order valence-electron chi connectivity index (χ1n) is 7.74. The van der Waals surface area contributed by atoms with Gasteiger partial charge in [0.2, 0.25) is 5.16 Å². The molecule has 0 bridgehead atoms. The Morgan fingerprint density at radius 3 is 2.74 bits per heavy atom. The van der Waals surface area contributed by atoms with Crippen molar-refractivity contribution in [2.24, 2.45) is 5.73 Å². The zero-order chi connectivity index (χ0) is 16.1. The van der Waals surface area contributed by atoms with Crippen LogP contribution in [0.1, 0.15) is 30.7 Å². The lowest BCUT2D eigenvalue weighted by Gasteiger charge is -2.19. The Morgan fingerprint density at radius 1 is 1.17 bits per heavy atom. The van der Waals surface area contributed by atoms with Gasteiger partial charge < -0.3 is 10.5 Å². The SMILES string of the molecule is COc1ccc(C2=CSc3nnc(CCCCCN)n3N2)cc1. The summed E-state index contributed by atoms with van der Waals surface area (Å²) in [7, 11) is 1.67. The molecule has 122 valence electrons. The second-order valence-corrected chi connectivity index (χ2v) is 6.16. The third kappa shape index (κ3) is 3.68. The fourth-order valence-electron chi connectivity index (χ4n) is 2.42. The van der Waals surface area contributed by atoms with Gasteiger partial charge >= 0.3 is 0 Å². The van der Waals surface area contributed by atoms with E-state index >= 15 is 0 Å². The maximum atomic E-state index is 5.54.